The van der Waals surface area contributed by atoms with Gasteiger partial charge in [-0.05, 0) is 35.9 Å². The predicted molar refractivity (Wildman–Crippen MR) is 109 cm³/mol. The van der Waals surface area contributed by atoms with Crippen molar-refractivity contribution in [2.24, 2.45) is 0 Å². The van der Waals surface area contributed by atoms with E-state index in [1.54, 1.807) is 24.6 Å². The minimum absolute atomic E-state index is 0.164. The zero-order valence-corrected chi connectivity index (χ0v) is 15.7. The molecular weight excluding hydrogens is 352 g/mol. The van der Waals surface area contributed by atoms with Gasteiger partial charge in [0, 0.05) is 32.2 Å². The molecule has 0 bridgehead atoms. The van der Waals surface area contributed by atoms with E-state index in [-0.39, 0.29) is 5.91 Å². The molecule has 6 heteroatoms. The number of hydrogen-bond acceptors (Lipinski definition) is 5. The Morgan fingerprint density at radius 3 is 2.68 bits per heavy atom. The van der Waals surface area contributed by atoms with Crippen molar-refractivity contribution in [1.82, 2.24) is 15.3 Å². The van der Waals surface area contributed by atoms with Crippen LogP contribution in [0.25, 0.3) is 22.4 Å². The van der Waals surface area contributed by atoms with Crippen molar-refractivity contribution in [2.75, 3.05) is 19.0 Å². The Bertz CT molecular complexity index is 1100. The molecule has 0 saturated heterocycles. The Kier molecular flexibility index (Phi) is 4.76. The third-order valence-corrected chi connectivity index (χ3v) is 4.45. The maximum atomic E-state index is 12.9. The summed E-state index contributed by atoms with van der Waals surface area (Å²) in [6.07, 6.45) is 3.37. The summed E-state index contributed by atoms with van der Waals surface area (Å²) < 4.78 is 5.46. The van der Waals surface area contributed by atoms with Crippen LogP contribution >= 0.6 is 0 Å². The first-order valence-corrected chi connectivity index (χ1v) is 8.96. The van der Waals surface area contributed by atoms with Crippen LogP contribution in [0, 0.1) is 0 Å². The Balaban J connectivity index is 1.61. The van der Waals surface area contributed by atoms with Crippen LogP contribution in [0.5, 0.6) is 0 Å². The number of carbonyl (C=O) groups is 1. The third kappa shape index (κ3) is 3.57. The van der Waals surface area contributed by atoms with E-state index in [9.17, 15) is 4.79 Å². The molecule has 4 rings (SSSR count). The molecule has 6 nitrogen and oxygen atoms in total. The number of anilines is 1. The molecule has 0 atom stereocenters. The van der Waals surface area contributed by atoms with Crippen molar-refractivity contribution in [3.05, 3.63) is 78.2 Å². The lowest BCUT2D eigenvalue weighted by Crippen LogP contribution is -2.23. The number of para-hydroxylation sites is 1. The molecule has 0 radical (unpaired) electrons. The van der Waals surface area contributed by atoms with E-state index in [1.807, 2.05) is 61.5 Å². The van der Waals surface area contributed by atoms with Gasteiger partial charge in [-0.25, -0.2) is 9.97 Å². The minimum atomic E-state index is -0.164. The highest BCUT2D eigenvalue weighted by Gasteiger charge is 2.15. The lowest BCUT2D eigenvalue weighted by molar-refractivity contribution is 0.0952. The number of benzene rings is 1. The molecule has 1 amide bonds. The fourth-order valence-corrected chi connectivity index (χ4v) is 2.98. The van der Waals surface area contributed by atoms with Crippen LogP contribution in [0.4, 0.5) is 5.82 Å². The molecule has 0 aliphatic carbocycles. The second-order valence-electron chi connectivity index (χ2n) is 6.65. The van der Waals surface area contributed by atoms with Crippen LogP contribution in [0.2, 0.25) is 0 Å². The highest BCUT2D eigenvalue weighted by Crippen LogP contribution is 2.25. The smallest absolute Gasteiger partial charge is 0.252 e. The molecule has 0 fully saturated rings. The number of carbonyl (C=O) groups excluding carboxylic acids is 1. The van der Waals surface area contributed by atoms with Gasteiger partial charge in [0.15, 0.2) is 5.76 Å². The number of amides is 1. The minimum Gasteiger partial charge on any atom is -0.463 e. The second-order valence-corrected chi connectivity index (χ2v) is 6.65. The molecular formula is C22H20N4O2. The number of nitrogens with zero attached hydrogens (tertiary/aromatic N) is 3. The first-order valence-electron chi connectivity index (χ1n) is 8.96. The van der Waals surface area contributed by atoms with Crippen LogP contribution in [0.15, 0.2) is 71.5 Å². The monoisotopic (exact) mass is 372 g/mol. The summed E-state index contributed by atoms with van der Waals surface area (Å²) in [7, 11) is 3.88. The van der Waals surface area contributed by atoms with Crippen molar-refractivity contribution < 1.29 is 9.21 Å². The molecule has 0 saturated carbocycles. The average Bonchev–Trinajstić information content (AvgIpc) is 3.26. The molecule has 1 aromatic carbocycles. The molecule has 0 unspecified atom stereocenters. The van der Waals surface area contributed by atoms with E-state index in [0.29, 0.717) is 23.6 Å². The molecule has 3 aromatic heterocycles. The summed E-state index contributed by atoms with van der Waals surface area (Å²) in [5.74, 6) is 1.34. The third-order valence-electron chi connectivity index (χ3n) is 4.45. The zero-order valence-electron chi connectivity index (χ0n) is 15.7. The maximum absolute atomic E-state index is 12.9. The van der Waals surface area contributed by atoms with E-state index in [2.05, 4.69) is 15.3 Å². The number of aromatic nitrogens is 2. The summed E-state index contributed by atoms with van der Waals surface area (Å²) in [6.45, 7) is 0.395. The molecule has 28 heavy (non-hydrogen) atoms. The highest BCUT2D eigenvalue weighted by atomic mass is 16.3. The summed E-state index contributed by atoms with van der Waals surface area (Å²) in [6, 6.07) is 16.9. The number of pyridine rings is 2. The standard InChI is InChI=1S/C22H20N4O2/c1-26(2)21-10-9-15(13-23-21)14-24-22(27)17-12-19(20-8-5-11-28-20)25-18-7-4-3-6-16(17)18/h3-13H,14H2,1-2H3,(H,24,27). The van der Waals surface area contributed by atoms with E-state index in [4.69, 9.17) is 4.42 Å². The molecule has 1 N–H and O–H groups in total. The van der Waals surface area contributed by atoms with Gasteiger partial charge < -0.3 is 14.6 Å². The first-order chi connectivity index (χ1) is 13.6. The Morgan fingerprint density at radius 2 is 1.96 bits per heavy atom. The molecule has 0 aliphatic rings. The number of fused-ring (bicyclic) bond motifs is 1. The predicted octanol–water partition coefficient (Wildman–Crippen LogP) is 3.89. The summed E-state index contributed by atoms with van der Waals surface area (Å²) >= 11 is 0. The lowest BCUT2D eigenvalue weighted by Gasteiger charge is -2.12. The van der Waals surface area contributed by atoms with Gasteiger partial charge >= 0.3 is 0 Å². The van der Waals surface area contributed by atoms with E-state index >= 15 is 0 Å². The van der Waals surface area contributed by atoms with Gasteiger partial charge in [0.05, 0.1) is 17.3 Å². The van der Waals surface area contributed by atoms with Gasteiger partial charge in [-0.1, -0.05) is 24.3 Å². The van der Waals surface area contributed by atoms with E-state index in [0.717, 1.165) is 22.3 Å². The number of rotatable bonds is 5. The molecule has 4 aromatic rings. The van der Waals surface area contributed by atoms with Crippen molar-refractivity contribution in [3.63, 3.8) is 0 Å². The quantitative estimate of drug-likeness (QED) is 0.575. The average molecular weight is 372 g/mol. The molecule has 3 heterocycles. The van der Waals surface area contributed by atoms with Gasteiger partial charge in [0.1, 0.15) is 11.5 Å². The Hall–Kier alpha value is -3.67. The van der Waals surface area contributed by atoms with Crippen LogP contribution in [-0.2, 0) is 6.54 Å². The van der Waals surface area contributed by atoms with E-state index < -0.39 is 0 Å². The van der Waals surface area contributed by atoms with Crippen molar-refractivity contribution >= 4 is 22.6 Å². The van der Waals surface area contributed by atoms with Crippen molar-refractivity contribution in [1.29, 1.82) is 0 Å². The number of nitrogens with one attached hydrogen (secondary N) is 1. The topological polar surface area (TPSA) is 71.3 Å². The van der Waals surface area contributed by atoms with Gasteiger partial charge in [-0.15, -0.1) is 0 Å². The van der Waals surface area contributed by atoms with Gasteiger partial charge in [-0.2, -0.15) is 0 Å². The Morgan fingerprint density at radius 1 is 1.11 bits per heavy atom. The van der Waals surface area contributed by atoms with Gasteiger partial charge in [-0.3, -0.25) is 4.79 Å². The van der Waals surface area contributed by atoms with Crippen LogP contribution in [-0.4, -0.2) is 30.0 Å². The highest BCUT2D eigenvalue weighted by molar-refractivity contribution is 6.07. The van der Waals surface area contributed by atoms with E-state index in [1.165, 1.54) is 0 Å². The normalized spacial score (nSPS) is 10.8. The molecule has 140 valence electrons. The van der Waals surface area contributed by atoms with Gasteiger partial charge in [0.2, 0.25) is 0 Å². The fraction of sp³-hybridized carbons (Fsp3) is 0.136. The van der Waals surface area contributed by atoms with Gasteiger partial charge in [0.25, 0.3) is 5.91 Å². The Labute approximate surface area is 162 Å². The van der Waals surface area contributed by atoms with Crippen molar-refractivity contribution in [3.8, 4) is 11.5 Å². The fourth-order valence-electron chi connectivity index (χ4n) is 2.98. The van der Waals surface area contributed by atoms with Crippen molar-refractivity contribution in [2.45, 2.75) is 6.54 Å². The largest absolute Gasteiger partial charge is 0.463 e. The summed E-state index contributed by atoms with van der Waals surface area (Å²) in [4.78, 5) is 23.9. The number of hydrogen-bond donors (Lipinski definition) is 1. The summed E-state index contributed by atoms with van der Waals surface area (Å²) in [5, 5.41) is 3.78. The zero-order chi connectivity index (χ0) is 19.5. The van der Waals surface area contributed by atoms with Crippen LogP contribution < -0.4 is 10.2 Å². The summed E-state index contributed by atoms with van der Waals surface area (Å²) in [5.41, 5.74) is 2.88. The SMILES string of the molecule is CN(C)c1ccc(CNC(=O)c2cc(-c3ccco3)nc3ccccc23)cn1. The lowest BCUT2D eigenvalue weighted by atomic mass is 10.1. The maximum Gasteiger partial charge on any atom is 0.252 e. The molecule has 0 aliphatic heterocycles. The molecule has 0 spiro atoms. The second kappa shape index (κ2) is 7.52. The first kappa shape index (κ1) is 17.7. The number of furan rings is 1. The van der Waals surface area contributed by atoms with Crippen LogP contribution in [0.3, 0.4) is 0 Å². The van der Waals surface area contributed by atoms with Crippen LogP contribution in [0.1, 0.15) is 15.9 Å².